The van der Waals surface area contributed by atoms with Gasteiger partial charge in [0.1, 0.15) is 0 Å². The Bertz CT molecular complexity index is 223. The average Bonchev–Trinajstić information content (AvgIpc) is 2.02. The molecule has 0 fully saturated rings. The number of nitrogens with one attached hydrogen (secondary N) is 1. The number of hydrogen-bond acceptors (Lipinski definition) is 3. The fourth-order valence-corrected chi connectivity index (χ4v) is 1.10. The molecule has 0 saturated heterocycles. The van der Waals surface area contributed by atoms with Crippen LogP contribution in [0.1, 0.15) is 27.2 Å². The monoisotopic (exact) mass is 429 g/mol. The molecule has 3 unspecified atom stereocenters. The Kier molecular flexibility index (Phi) is 10.0. The average molecular weight is 429 g/mol. The van der Waals surface area contributed by atoms with E-state index >= 15 is 0 Å². The summed E-state index contributed by atoms with van der Waals surface area (Å²) in [5.74, 6) is -1.04. The number of aliphatic hydroxyl groups excluding tert-OH is 1. The molecule has 0 rings (SSSR count). The summed E-state index contributed by atoms with van der Waals surface area (Å²) in [6.07, 6.45) is -0.488. The maximum Gasteiger partial charge on any atom is 0.220 e. The van der Waals surface area contributed by atoms with Gasteiger partial charge in [0.25, 0.3) is 0 Å². The summed E-state index contributed by atoms with van der Waals surface area (Å²) in [7, 11) is 0. The van der Waals surface area contributed by atoms with Crippen molar-refractivity contribution in [3.05, 3.63) is 0 Å². The summed E-state index contributed by atoms with van der Waals surface area (Å²) >= 11 is 0. The van der Waals surface area contributed by atoms with Crippen LogP contribution in [0.5, 0.6) is 0 Å². The predicted molar refractivity (Wildman–Crippen MR) is 52.3 cm³/mol. The van der Waals surface area contributed by atoms with Gasteiger partial charge >= 0.3 is 0 Å². The molecule has 0 aromatic rings. The Hall–Kier alpha value is 0.342. The van der Waals surface area contributed by atoms with Gasteiger partial charge in [-0.25, -0.2) is 0 Å². The molecule has 0 bridgehead atoms. The Balaban J connectivity index is 0. The molecule has 0 aliphatic rings. The van der Waals surface area contributed by atoms with Crippen LogP contribution in [0.3, 0.4) is 0 Å². The third-order valence-electron chi connectivity index (χ3n) is 2.09. The normalized spacial score (nSPS) is 15.7. The van der Waals surface area contributed by atoms with Crippen LogP contribution in [0.25, 0.3) is 0 Å². The first kappa shape index (κ1) is 17.7. The van der Waals surface area contributed by atoms with Crippen molar-refractivity contribution in [2.75, 3.05) is 0 Å². The fourth-order valence-electron chi connectivity index (χ4n) is 1.10. The summed E-state index contributed by atoms with van der Waals surface area (Å²) in [5.41, 5.74) is 5.05. The van der Waals surface area contributed by atoms with Crippen molar-refractivity contribution >= 4 is 11.8 Å². The van der Waals surface area contributed by atoms with Crippen molar-refractivity contribution in [2.24, 2.45) is 11.7 Å². The number of amides is 2. The molecule has 0 saturated carbocycles. The Morgan fingerprint density at radius 3 is 2.20 bits per heavy atom. The molecule has 15 heavy (non-hydrogen) atoms. The molecule has 0 aromatic carbocycles. The Labute approximate surface area is 126 Å². The van der Waals surface area contributed by atoms with E-state index in [1.54, 1.807) is 13.8 Å². The predicted octanol–water partition coefficient (Wildman–Crippen LogP) is -0.617. The van der Waals surface area contributed by atoms with Crippen LogP contribution >= 0.6 is 0 Å². The molecular formula is C9H18AcN2O3. The summed E-state index contributed by atoms with van der Waals surface area (Å²) in [6.45, 7) is 4.70. The summed E-state index contributed by atoms with van der Waals surface area (Å²) < 4.78 is 0. The van der Waals surface area contributed by atoms with Crippen LogP contribution in [0.4, 0.5) is 0 Å². The Morgan fingerprint density at radius 1 is 1.40 bits per heavy atom. The molecule has 1 radical (unpaired) electrons. The Morgan fingerprint density at radius 2 is 1.87 bits per heavy atom. The molecule has 0 aliphatic carbocycles. The van der Waals surface area contributed by atoms with E-state index in [9.17, 15) is 14.7 Å². The van der Waals surface area contributed by atoms with Gasteiger partial charge < -0.3 is 16.2 Å². The summed E-state index contributed by atoms with van der Waals surface area (Å²) in [6, 6.07) is -0.366. The molecule has 3 atom stereocenters. The number of primary amides is 1. The van der Waals surface area contributed by atoms with Gasteiger partial charge in [-0.05, 0) is 13.3 Å². The van der Waals surface area contributed by atoms with Gasteiger partial charge in [0.2, 0.25) is 11.8 Å². The molecule has 85 valence electrons. The maximum atomic E-state index is 10.7. The SMILES string of the molecule is CC(=O)NC(C)C(O)CC(C)C(N)=O.[Ac]. The van der Waals surface area contributed by atoms with Gasteiger partial charge in [0.05, 0.1) is 12.1 Å². The minimum absolute atomic E-state index is 0. The van der Waals surface area contributed by atoms with Gasteiger partial charge in [-0.3, -0.25) is 9.59 Å². The van der Waals surface area contributed by atoms with E-state index in [-0.39, 0.29) is 68.4 Å². The van der Waals surface area contributed by atoms with Crippen molar-refractivity contribution in [1.82, 2.24) is 5.32 Å². The molecule has 5 nitrogen and oxygen atoms in total. The second-order valence-corrected chi connectivity index (χ2v) is 3.60. The van der Waals surface area contributed by atoms with Crippen LogP contribution in [-0.2, 0) is 9.59 Å². The zero-order valence-corrected chi connectivity index (χ0v) is 14.1. The van der Waals surface area contributed by atoms with E-state index in [1.165, 1.54) is 6.92 Å². The second-order valence-electron chi connectivity index (χ2n) is 3.60. The van der Waals surface area contributed by atoms with E-state index in [1.807, 2.05) is 0 Å². The molecule has 2 amide bonds. The molecule has 0 heterocycles. The first-order valence-electron chi connectivity index (χ1n) is 4.59. The smallest absolute Gasteiger partial charge is 0.220 e. The number of aliphatic hydroxyl groups is 1. The van der Waals surface area contributed by atoms with Gasteiger partial charge in [0, 0.05) is 56.9 Å². The van der Waals surface area contributed by atoms with E-state index < -0.39 is 12.0 Å². The molecule has 0 aliphatic heterocycles. The van der Waals surface area contributed by atoms with Crippen LogP contribution in [0, 0.1) is 50.0 Å². The molecule has 0 aromatic heterocycles. The molecule has 6 heteroatoms. The minimum Gasteiger partial charge on any atom is -0.391 e. The fraction of sp³-hybridized carbons (Fsp3) is 0.778. The van der Waals surface area contributed by atoms with E-state index in [2.05, 4.69) is 5.32 Å². The molecule has 4 N–H and O–H groups in total. The molecule has 0 spiro atoms. The number of hydrogen-bond donors (Lipinski definition) is 3. The minimum atomic E-state index is -0.749. The van der Waals surface area contributed by atoms with Crippen molar-refractivity contribution in [1.29, 1.82) is 0 Å². The van der Waals surface area contributed by atoms with Crippen molar-refractivity contribution in [2.45, 2.75) is 39.3 Å². The van der Waals surface area contributed by atoms with E-state index in [4.69, 9.17) is 5.73 Å². The number of nitrogens with two attached hydrogens (primary N) is 1. The van der Waals surface area contributed by atoms with Crippen molar-refractivity contribution in [3.63, 3.8) is 0 Å². The quantitative estimate of drug-likeness (QED) is 0.544. The summed E-state index contributed by atoms with van der Waals surface area (Å²) in [4.78, 5) is 21.4. The summed E-state index contributed by atoms with van der Waals surface area (Å²) in [5, 5.41) is 12.1. The van der Waals surface area contributed by atoms with E-state index in [0.717, 1.165) is 0 Å². The standard InChI is InChI=1S/C9H18N2O3.Ac/c1-5(9(10)14)4-8(13)6(2)11-7(3)12;/h5-6,8,13H,4H2,1-3H3,(H2,10,14)(H,11,12);. The van der Waals surface area contributed by atoms with Gasteiger partial charge in [0.15, 0.2) is 0 Å². The first-order valence-corrected chi connectivity index (χ1v) is 4.59. The van der Waals surface area contributed by atoms with Crippen molar-refractivity contribution < 1.29 is 58.8 Å². The largest absolute Gasteiger partial charge is 0.391 e. The topological polar surface area (TPSA) is 92.4 Å². The third-order valence-corrected chi connectivity index (χ3v) is 2.09. The van der Waals surface area contributed by atoms with E-state index in [0.29, 0.717) is 0 Å². The van der Waals surface area contributed by atoms with Gasteiger partial charge in [-0.1, -0.05) is 6.92 Å². The number of carbonyl (C=O) groups excluding carboxylic acids is 2. The van der Waals surface area contributed by atoms with Crippen LogP contribution in [-0.4, -0.2) is 29.1 Å². The zero-order chi connectivity index (χ0) is 11.3. The second kappa shape index (κ2) is 8.49. The molecular weight excluding hydrogens is 411 g/mol. The number of rotatable bonds is 5. The third kappa shape index (κ3) is 8.18. The number of carbonyl (C=O) groups is 2. The van der Waals surface area contributed by atoms with Crippen LogP contribution in [0.2, 0.25) is 0 Å². The maximum absolute atomic E-state index is 10.7. The van der Waals surface area contributed by atoms with Gasteiger partial charge in [-0.2, -0.15) is 0 Å². The van der Waals surface area contributed by atoms with Crippen LogP contribution in [0.15, 0.2) is 0 Å². The van der Waals surface area contributed by atoms with Crippen molar-refractivity contribution in [3.8, 4) is 0 Å². The van der Waals surface area contributed by atoms with Crippen LogP contribution < -0.4 is 11.1 Å². The van der Waals surface area contributed by atoms with Gasteiger partial charge in [-0.15, -0.1) is 0 Å². The first-order chi connectivity index (χ1) is 6.34. The zero-order valence-electron chi connectivity index (χ0n) is 9.36.